The molecule has 2 aromatic heterocycles. The number of hydrogen-bond acceptors (Lipinski definition) is 4. The maximum absolute atomic E-state index is 13.3. The van der Waals surface area contributed by atoms with Gasteiger partial charge in [-0.05, 0) is 36.8 Å². The van der Waals surface area contributed by atoms with Crippen molar-refractivity contribution in [2.45, 2.75) is 18.6 Å². The van der Waals surface area contributed by atoms with Crippen LogP contribution < -0.4 is 15.5 Å². The fourth-order valence-corrected chi connectivity index (χ4v) is 3.62. The van der Waals surface area contributed by atoms with E-state index in [1.807, 2.05) is 4.90 Å². The van der Waals surface area contributed by atoms with Crippen LogP contribution >= 0.6 is 11.6 Å². The quantitative estimate of drug-likeness (QED) is 0.554. The zero-order chi connectivity index (χ0) is 22.9. The van der Waals surface area contributed by atoms with E-state index in [1.54, 1.807) is 6.07 Å². The Labute approximate surface area is 185 Å². The number of anilines is 2. The van der Waals surface area contributed by atoms with Gasteiger partial charge in [0.1, 0.15) is 11.4 Å². The van der Waals surface area contributed by atoms with Crippen LogP contribution in [0.3, 0.4) is 0 Å². The molecule has 7 nitrogen and oxygen atoms in total. The molecule has 0 saturated carbocycles. The molecule has 12 heteroatoms. The Balaban J connectivity index is 1.37. The van der Waals surface area contributed by atoms with E-state index in [0.717, 1.165) is 16.4 Å². The number of halogens is 5. The van der Waals surface area contributed by atoms with Crippen LogP contribution in [0.1, 0.15) is 12.0 Å². The highest BCUT2D eigenvalue weighted by atomic mass is 35.5. The molecule has 1 atom stereocenters. The van der Waals surface area contributed by atoms with E-state index in [2.05, 4.69) is 20.7 Å². The molecule has 4 rings (SSSR count). The predicted octanol–water partition coefficient (Wildman–Crippen LogP) is 4.48. The van der Waals surface area contributed by atoms with Crippen molar-refractivity contribution >= 4 is 29.1 Å². The van der Waals surface area contributed by atoms with E-state index >= 15 is 0 Å². The lowest BCUT2D eigenvalue weighted by atomic mass is 10.2. The van der Waals surface area contributed by atoms with Crippen LogP contribution in [-0.4, -0.2) is 39.9 Å². The van der Waals surface area contributed by atoms with Gasteiger partial charge in [0.15, 0.2) is 11.6 Å². The standard InChI is InChI=1S/C20H17ClF4N6O/c21-15-10-13(3-4-16(15)22)30-8-5-12(11-30)27-19(32)28-17-6-9-31(29-17)18-14(20(23,24)25)2-1-7-26-18/h1-4,6-7,9-10,12H,5,8,11H2,(H2,27,28,29,32). The maximum atomic E-state index is 13.3. The Hall–Kier alpha value is -3.34. The van der Waals surface area contributed by atoms with Crippen LogP contribution in [0.25, 0.3) is 5.82 Å². The van der Waals surface area contributed by atoms with Crippen LogP contribution in [0.5, 0.6) is 0 Å². The van der Waals surface area contributed by atoms with Crippen molar-refractivity contribution in [1.29, 1.82) is 0 Å². The summed E-state index contributed by atoms with van der Waals surface area (Å²) in [6.07, 6.45) is -1.43. The number of carbonyl (C=O) groups excluding carboxylic acids is 1. The number of nitrogens with zero attached hydrogens (tertiary/aromatic N) is 4. The summed E-state index contributed by atoms with van der Waals surface area (Å²) in [5.41, 5.74) is -0.193. The van der Waals surface area contributed by atoms with Gasteiger partial charge in [-0.1, -0.05) is 11.6 Å². The van der Waals surface area contributed by atoms with Gasteiger partial charge in [-0.25, -0.2) is 18.9 Å². The van der Waals surface area contributed by atoms with Gasteiger partial charge < -0.3 is 10.2 Å². The number of rotatable bonds is 4. The third-order valence-electron chi connectivity index (χ3n) is 4.93. The second kappa shape index (κ2) is 8.65. The van der Waals surface area contributed by atoms with E-state index < -0.39 is 29.4 Å². The van der Waals surface area contributed by atoms with Crippen molar-refractivity contribution in [2.24, 2.45) is 0 Å². The van der Waals surface area contributed by atoms with Gasteiger partial charge in [0.2, 0.25) is 0 Å². The molecule has 1 saturated heterocycles. The van der Waals surface area contributed by atoms with Crippen molar-refractivity contribution in [3.05, 3.63) is 65.2 Å². The molecule has 32 heavy (non-hydrogen) atoms. The Morgan fingerprint density at radius 1 is 1.22 bits per heavy atom. The molecule has 1 fully saturated rings. The SMILES string of the molecule is O=C(Nc1ccn(-c2ncccc2C(F)(F)F)n1)NC1CCN(c2ccc(F)c(Cl)c2)C1. The lowest BCUT2D eigenvalue weighted by molar-refractivity contribution is -0.137. The highest BCUT2D eigenvalue weighted by Gasteiger charge is 2.35. The number of urea groups is 1. The minimum Gasteiger partial charge on any atom is -0.369 e. The zero-order valence-electron chi connectivity index (χ0n) is 16.4. The zero-order valence-corrected chi connectivity index (χ0v) is 17.2. The first-order chi connectivity index (χ1) is 15.2. The van der Waals surface area contributed by atoms with E-state index in [1.165, 1.54) is 36.7 Å². The molecule has 2 N–H and O–H groups in total. The summed E-state index contributed by atoms with van der Waals surface area (Å²) in [6, 6.07) is 7.16. The second-order valence-corrected chi connectivity index (χ2v) is 7.55. The number of aromatic nitrogens is 3. The molecule has 1 aliphatic rings. The van der Waals surface area contributed by atoms with Crippen molar-refractivity contribution in [3.63, 3.8) is 0 Å². The molecule has 168 valence electrons. The predicted molar refractivity (Wildman–Crippen MR) is 111 cm³/mol. The fourth-order valence-electron chi connectivity index (χ4n) is 3.44. The van der Waals surface area contributed by atoms with Gasteiger partial charge in [0.25, 0.3) is 0 Å². The Kier molecular flexibility index (Phi) is 5.92. The van der Waals surface area contributed by atoms with Crippen LogP contribution in [0, 0.1) is 5.82 Å². The topological polar surface area (TPSA) is 75.1 Å². The number of hydrogen-bond donors (Lipinski definition) is 2. The summed E-state index contributed by atoms with van der Waals surface area (Å²) >= 11 is 5.83. The molecule has 1 aliphatic heterocycles. The van der Waals surface area contributed by atoms with Crippen molar-refractivity contribution in [1.82, 2.24) is 20.1 Å². The molecule has 0 spiro atoms. The van der Waals surface area contributed by atoms with E-state index in [9.17, 15) is 22.4 Å². The lowest BCUT2D eigenvalue weighted by Crippen LogP contribution is -2.39. The fraction of sp³-hybridized carbons (Fsp3) is 0.250. The lowest BCUT2D eigenvalue weighted by Gasteiger charge is -2.19. The normalized spacial score (nSPS) is 16.3. The number of nitrogens with one attached hydrogen (secondary N) is 2. The van der Waals surface area contributed by atoms with Gasteiger partial charge in [0.05, 0.1) is 5.02 Å². The number of benzene rings is 1. The summed E-state index contributed by atoms with van der Waals surface area (Å²) in [5, 5.41) is 9.30. The largest absolute Gasteiger partial charge is 0.420 e. The number of amides is 2. The smallest absolute Gasteiger partial charge is 0.369 e. The van der Waals surface area contributed by atoms with E-state index in [0.29, 0.717) is 19.5 Å². The molecule has 0 aliphatic carbocycles. The first-order valence-corrected chi connectivity index (χ1v) is 9.94. The van der Waals surface area contributed by atoms with Crippen molar-refractivity contribution in [2.75, 3.05) is 23.3 Å². The molecular formula is C20H17ClF4N6O. The number of alkyl halides is 3. The summed E-state index contributed by atoms with van der Waals surface area (Å²) < 4.78 is 53.9. The van der Waals surface area contributed by atoms with E-state index in [-0.39, 0.29) is 16.9 Å². The molecule has 0 bridgehead atoms. The van der Waals surface area contributed by atoms with Gasteiger partial charge >= 0.3 is 12.2 Å². The molecular weight excluding hydrogens is 452 g/mol. The number of carbonyl (C=O) groups is 1. The number of pyridine rings is 1. The highest BCUT2D eigenvalue weighted by molar-refractivity contribution is 6.31. The summed E-state index contributed by atoms with van der Waals surface area (Å²) in [5.74, 6) is -0.824. The first-order valence-electron chi connectivity index (χ1n) is 9.56. The Morgan fingerprint density at radius 2 is 2.03 bits per heavy atom. The van der Waals surface area contributed by atoms with Crippen LogP contribution in [0.2, 0.25) is 5.02 Å². The molecule has 2 amide bonds. The molecule has 1 unspecified atom stereocenters. The maximum Gasteiger partial charge on any atom is 0.420 e. The Bertz CT molecular complexity index is 1140. The molecule has 1 aromatic carbocycles. The van der Waals surface area contributed by atoms with Crippen molar-refractivity contribution in [3.8, 4) is 5.82 Å². The van der Waals surface area contributed by atoms with E-state index in [4.69, 9.17) is 11.6 Å². The highest BCUT2D eigenvalue weighted by Crippen LogP contribution is 2.32. The first kappa shape index (κ1) is 21.9. The minimum absolute atomic E-state index is 0.0221. The molecule has 3 heterocycles. The van der Waals surface area contributed by atoms with Crippen LogP contribution in [0.4, 0.5) is 33.9 Å². The molecule has 0 radical (unpaired) electrons. The van der Waals surface area contributed by atoms with Gasteiger partial charge in [0, 0.05) is 43.3 Å². The average molecular weight is 469 g/mol. The monoisotopic (exact) mass is 468 g/mol. The van der Waals surface area contributed by atoms with Crippen molar-refractivity contribution < 1.29 is 22.4 Å². The Morgan fingerprint density at radius 3 is 2.78 bits per heavy atom. The molecule has 3 aromatic rings. The third kappa shape index (κ3) is 4.77. The second-order valence-electron chi connectivity index (χ2n) is 7.15. The summed E-state index contributed by atoms with van der Waals surface area (Å²) in [6.45, 7) is 1.13. The average Bonchev–Trinajstić information content (AvgIpc) is 3.39. The summed E-state index contributed by atoms with van der Waals surface area (Å²) in [4.78, 5) is 18.0. The minimum atomic E-state index is -4.59. The van der Waals surface area contributed by atoms with Crippen LogP contribution in [-0.2, 0) is 6.18 Å². The van der Waals surface area contributed by atoms with Gasteiger partial charge in [-0.2, -0.15) is 13.2 Å². The van der Waals surface area contributed by atoms with Gasteiger partial charge in [-0.3, -0.25) is 5.32 Å². The van der Waals surface area contributed by atoms with Crippen LogP contribution in [0.15, 0.2) is 48.8 Å². The van der Waals surface area contributed by atoms with Gasteiger partial charge in [-0.15, -0.1) is 5.10 Å². The summed E-state index contributed by atoms with van der Waals surface area (Å²) in [7, 11) is 0. The third-order valence-corrected chi connectivity index (χ3v) is 5.22.